The second kappa shape index (κ2) is 7.32. The summed E-state index contributed by atoms with van der Waals surface area (Å²) in [5.74, 6) is -0.158. The van der Waals surface area contributed by atoms with Crippen molar-refractivity contribution in [2.45, 2.75) is 43.8 Å². The second-order valence-corrected chi connectivity index (χ2v) is 6.98. The van der Waals surface area contributed by atoms with Gasteiger partial charge in [0.2, 0.25) is 0 Å². The summed E-state index contributed by atoms with van der Waals surface area (Å²) in [5, 5.41) is 0. The van der Waals surface area contributed by atoms with E-state index in [4.69, 9.17) is 4.55 Å². The van der Waals surface area contributed by atoms with Gasteiger partial charge in [-0.2, -0.15) is 0 Å². The molecule has 1 aliphatic rings. The van der Waals surface area contributed by atoms with Gasteiger partial charge in [-0.15, -0.1) is 0 Å². The Labute approximate surface area is 138 Å². The van der Waals surface area contributed by atoms with E-state index in [0.29, 0.717) is 5.92 Å². The van der Waals surface area contributed by atoms with E-state index in [1.54, 1.807) is 18.3 Å². The maximum Gasteiger partial charge on any atom is 0.157 e. The quantitative estimate of drug-likeness (QED) is 0.828. The van der Waals surface area contributed by atoms with Crippen LogP contribution in [-0.4, -0.2) is 13.7 Å². The van der Waals surface area contributed by atoms with Gasteiger partial charge in [0, 0.05) is 17.3 Å². The molecule has 1 heterocycles. The number of aromatic nitrogens is 1. The van der Waals surface area contributed by atoms with E-state index in [0.717, 1.165) is 24.1 Å². The van der Waals surface area contributed by atoms with Crippen LogP contribution < -0.4 is 0 Å². The molecule has 1 saturated carbocycles. The number of nitrogens with zero attached hydrogens (tertiary/aromatic N) is 1. The molecule has 3 nitrogen and oxygen atoms in total. The Morgan fingerprint density at radius 1 is 1.22 bits per heavy atom. The molecule has 1 aromatic heterocycles. The molecule has 0 amide bonds. The van der Waals surface area contributed by atoms with Gasteiger partial charge in [0.25, 0.3) is 0 Å². The molecular weight excluding hydrogens is 313 g/mol. The first-order valence-electron chi connectivity index (χ1n) is 7.96. The van der Waals surface area contributed by atoms with Gasteiger partial charge >= 0.3 is 0 Å². The molecule has 0 bridgehead atoms. The highest BCUT2D eigenvalue weighted by Crippen LogP contribution is 2.37. The zero-order valence-electron chi connectivity index (χ0n) is 12.9. The van der Waals surface area contributed by atoms with E-state index in [1.165, 1.54) is 30.9 Å². The molecule has 1 aliphatic carbocycles. The number of benzene rings is 1. The smallest absolute Gasteiger partial charge is 0.157 e. The molecule has 3 rings (SSSR count). The van der Waals surface area contributed by atoms with Gasteiger partial charge in [-0.25, -0.2) is 8.60 Å². The molecule has 5 heteroatoms. The van der Waals surface area contributed by atoms with Crippen molar-refractivity contribution < 1.29 is 13.2 Å². The first-order valence-corrected chi connectivity index (χ1v) is 9.24. The number of pyridine rings is 1. The lowest BCUT2D eigenvalue weighted by molar-refractivity contribution is 0.443. The molecule has 1 atom stereocenters. The van der Waals surface area contributed by atoms with Crippen LogP contribution in [0.2, 0.25) is 0 Å². The molecule has 122 valence electrons. The third-order valence-electron chi connectivity index (χ3n) is 4.49. The van der Waals surface area contributed by atoms with E-state index in [1.807, 2.05) is 6.07 Å². The SMILES string of the molecule is O=S(O)Cc1ccc(-c2ncccc2C2CCCCC2)cc1F. The lowest BCUT2D eigenvalue weighted by atomic mass is 9.82. The number of rotatable bonds is 4. The molecule has 1 aromatic carbocycles. The summed E-state index contributed by atoms with van der Waals surface area (Å²) in [5.41, 5.74) is 3.00. The van der Waals surface area contributed by atoms with Crippen LogP contribution in [0.1, 0.15) is 49.1 Å². The molecule has 0 saturated heterocycles. The van der Waals surface area contributed by atoms with Crippen LogP contribution in [0.4, 0.5) is 4.39 Å². The van der Waals surface area contributed by atoms with E-state index < -0.39 is 16.9 Å². The fourth-order valence-corrected chi connectivity index (χ4v) is 3.85. The van der Waals surface area contributed by atoms with E-state index in [9.17, 15) is 8.60 Å². The molecule has 1 N–H and O–H groups in total. The lowest BCUT2D eigenvalue weighted by Gasteiger charge is -2.24. The van der Waals surface area contributed by atoms with Crippen LogP contribution >= 0.6 is 0 Å². The second-order valence-electron chi connectivity index (χ2n) is 6.05. The van der Waals surface area contributed by atoms with Crippen LogP contribution in [0.3, 0.4) is 0 Å². The first-order chi connectivity index (χ1) is 11.1. The lowest BCUT2D eigenvalue weighted by Crippen LogP contribution is -2.07. The molecule has 2 aromatic rings. The van der Waals surface area contributed by atoms with E-state index in [2.05, 4.69) is 11.1 Å². The maximum atomic E-state index is 14.2. The zero-order chi connectivity index (χ0) is 16.2. The molecule has 1 fully saturated rings. The van der Waals surface area contributed by atoms with Crippen molar-refractivity contribution >= 4 is 11.1 Å². The van der Waals surface area contributed by atoms with Gasteiger partial charge in [-0.1, -0.05) is 37.5 Å². The van der Waals surface area contributed by atoms with E-state index in [-0.39, 0.29) is 11.3 Å². The van der Waals surface area contributed by atoms with Gasteiger partial charge < -0.3 is 4.55 Å². The highest BCUT2D eigenvalue weighted by atomic mass is 32.2. The fraction of sp³-hybridized carbons (Fsp3) is 0.389. The third-order valence-corrected chi connectivity index (χ3v) is 5.05. The van der Waals surface area contributed by atoms with Crippen LogP contribution in [0.5, 0.6) is 0 Å². The summed E-state index contributed by atoms with van der Waals surface area (Å²) < 4.78 is 34.0. The summed E-state index contributed by atoms with van der Waals surface area (Å²) in [6.45, 7) is 0. The highest BCUT2D eigenvalue weighted by molar-refractivity contribution is 7.78. The molecular formula is C18H20FNO2S. The van der Waals surface area contributed by atoms with Crippen LogP contribution in [-0.2, 0) is 16.8 Å². The molecule has 0 aliphatic heterocycles. The minimum Gasteiger partial charge on any atom is -0.306 e. The molecule has 0 radical (unpaired) electrons. The van der Waals surface area contributed by atoms with Crippen molar-refractivity contribution in [3.8, 4) is 11.3 Å². The van der Waals surface area contributed by atoms with Crippen molar-refractivity contribution in [1.29, 1.82) is 0 Å². The van der Waals surface area contributed by atoms with Crippen molar-refractivity contribution in [2.24, 2.45) is 0 Å². The maximum absolute atomic E-state index is 14.2. The fourth-order valence-electron chi connectivity index (χ4n) is 3.35. The minimum atomic E-state index is -2.04. The Morgan fingerprint density at radius 3 is 2.70 bits per heavy atom. The summed E-state index contributed by atoms with van der Waals surface area (Å²) in [4.78, 5) is 4.48. The molecule has 0 spiro atoms. The van der Waals surface area contributed by atoms with Crippen molar-refractivity contribution in [3.63, 3.8) is 0 Å². The van der Waals surface area contributed by atoms with Gasteiger partial charge in [-0.3, -0.25) is 4.98 Å². The van der Waals surface area contributed by atoms with Crippen LogP contribution in [0.25, 0.3) is 11.3 Å². The summed E-state index contributed by atoms with van der Waals surface area (Å²) in [6.07, 6.45) is 7.79. The molecule has 1 unspecified atom stereocenters. The first kappa shape index (κ1) is 16.3. The predicted molar refractivity (Wildman–Crippen MR) is 89.9 cm³/mol. The van der Waals surface area contributed by atoms with E-state index >= 15 is 0 Å². The van der Waals surface area contributed by atoms with Gasteiger partial charge in [0.05, 0.1) is 11.4 Å². The topological polar surface area (TPSA) is 50.2 Å². The van der Waals surface area contributed by atoms with Gasteiger partial charge in [-0.05, 0) is 36.5 Å². The zero-order valence-corrected chi connectivity index (χ0v) is 13.7. The van der Waals surface area contributed by atoms with Gasteiger partial charge in [0.1, 0.15) is 5.82 Å². The normalized spacial score (nSPS) is 17.1. The highest BCUT2D eigenvalue weighted by Gasteiger charge is 2.20. The average Bonchev–Trinajstić information content (AvgIpc) is 2.57. The van der Waals surface area contributed by atoms with Crippen molar-refractivity contribution in [2.75, 3.05) is 0 Å². The Morgan fingerprint density at radius 2 is 2.00 bits per heavy atom. The number of hydrogen-bond acceptors (Lipinski definition) is 2. The Hall–Kier alpha value is -1.59. The molecule has 23 heavy (non-hydrogen) atoms. The average molecular weight is 333 g/mol. The minimum absolute atomic E-state index is 0.191. The van der Waals surface area contributed by atoms with Crippen molar-refractivity contribution in [3.05, 3.63) is 53.5 Å². The monoisotopic (exact) mass is 333 g/mol. The standard InChI is InChI=1S/C18H20FNO2S/c19-17-11-14(8-9-15(17)12-23(21)22)18-16(7-4-10-20-18)13-5-2-1-3-6-13/h4,7-11,13H,1-3,5-6,12H2,(H,21,22). The Balaban J connectivity index is 1.95. The van der Waals surface area contributed by atoms with Gasteiger partial charge in [0.15, 0.2) is 11.1 Å². The Kier molecular flexibility index (Phi) is 5.18. The van der Waals surface area contributed by atoms with Crippen LogP contribution in [0, 0.1) is 5.82 Å². The van der Waals surface area contributed by atoms with Crippen LogP contribution in [0.15, 0.2) is 36.5 Å². The summed E-state index contributed by atoms with van der Waals surface area (Å²) in [6, 6.07) is 8.83. The third kappa shape index (κ3) is 3.85. The predicted octanol–water partition coefficient (Wildman–Crippen LogP) is 4.66. The summed E-state index contributed by atoms with van der Waals surface area (Å²) >= 11 is -2.04. The number of halogens is 1. The summed E-state index contributed by atoms with van der Waals surface area (Å²) in [7, 11) is 0. The van der Waals surface area contributed by atoms with Crippen molar-refractivity contribution in [1.82, 2.24) is 4.98 Å². The largest absolute Gasteiger partial charge is 0.306 e. The number of hydrogen-bond donors (Lipinski definition) is 1. The Bertz CT molecular complexity index is 714.